The second-order valence-electron chi connectivity index (χ2n) is 11.7. The zero-order valence-electron chi connectivity index (χ0n) is 23.1. The molecule has 0 radical (unpaired) electrons. The van der Waals surface area contributed by atoms with Crippen molar-refractivity contribution in [1.29, 1.82) is 0 Å². The molecule has 4 aliphatic carbocycles. The molecular weight excluding hydrogens is 543 g/mol. The van der Waals surface area contributed by atoms with Crippen LogP contribution in [-0.2, 0) is 16.6 Å². The van der Waals surface area contributed by atoms with Gasteiger partial charge in [0.1, 0.15) is 0 Å². The van der Waals surface area contributed by atoms with Crippen LogP contribution in [-0.4, -0.2) is 6.19 Å². The molecule has 0 spiro atoms. The van der Waals surface area contributed by atoms with Crippen molar-refractivity contribution in [2.24, 2.45) is 10.8 Å². The molecule has 0 amide bonds. The fourth-order valence-corrected chi connectivity index (χ4v) is 22.0. The number of hydrogen-bond donors (Lipinski definition) is 0. The first-order valence-corrected chi connectivity index (χ1v) is 19.1. The minimum Gasteiger partial charge on any atom is -0.147 e. The van der Waals surface area contributed by atoms with E-state index in [1.165, 1.54) is 0 Å². The Balaban J connectivity index is 0.00000190. The minimum atomic E-state index is -1.82. The van der Waals surface area contributed by atoms with Crippen LogP contribution in [0.4, 0.5) is 0 Å². The third-order valence-corrected chi connectivity index (χ3v) is 22.5. The molecule has 2 unspecified atom stereocenters. The van der Waals surface area contributed by atoms with E-state index in [-0.39, 0.29) is 35.6 Å². The van der Waals surface area contributed by atoms with Gasteiger partial charge in [0.05, 0.1) is 0 Å². The van der Waals surface area contributed by atoms with E-state index in [2.05, 4.69) is 139 Å². The van der Waals surface area contributed by atoms with E-state index in [4.69, 9.17) is 0 Å². The van der Waals surface area contributed by atoms with Gasteiger partial charge in [0, 0.05) is 0 Å². The molecule has 0 saturated heterocycles. The van der Waals surface area contributed by atoms with Crippen molar-refractivity contribution in [2.75, 3.05) is 0 Å². The number of benzene rings is 1. The van der Waals surface area contributed by atoms with E-state index in [1.54, 1.807) is 38.6 Å². The molecule has 1 aromatic carbocycles. The molecule has 4 aliphatic rings. The van der Waals surface area contributed by atoms with Crippen molar-refractivity contribution in [3.8, 4) is 0 Å². The van der Waals surface area contributed by atoms with Crippen LogP contribution in [0.25, 0.3) is 0 Å². The largest absolute Gasteiger partial charge is 0.147 e. The molecule has 0 bridgehead atoms. The molecule has 0 heterocycles. The van der Waals surface area contributed by atoms with E-state index in [1.807, 2.05) is 0 Å². The average Bonchev–Trinajstić information content (AvgIpc) is 3.23. The van der Waals surface area contributed by atoms with Crippen molar-refractivity contribution in [3.63, 3.8) is 0 Å². The molecule has 2 atom stereocenters. The van der Waals surface area contributed by atoms with Crippen molar-refractivity contribution in [3.05, 3.63) is 125 Å². The normalized spacial score (nSPS) is 24.3. The first-order chi connectivity index (χ1) is 16.6. The Kier molecular flexibility index (Phi) is 9.31. The Bertz CT molecular complexity index is 1280. The second kappa shape index (κ2) is 11.4. The van der Waals surface area contributed by atoms with E-state index in [0.717, 1.165) is 0 Å². The summed E-state index contributed by atoms with van der Waals surface area (Å²) in [6, 6.07) is 11.5. The van der Waals surface area contributed by atoms with Crippen LogP contribution in [0.3, 0.4) is 0 Å². The molecule has 0 N–H and O–H groups in total. The summed E-state index contributed by atoms with van der Waals surface area (Å²) in [5, 5.41) is 1.61. The van der Waals surface area contributed by atoms with Gasteiger partial charge in [-0.1, -0.05) is 0 Å². The summed E-state index contributed by atoms with van der Waals surface area (Å²) in [6.07, 6.45) is 23.2. The quantitative estimate of drug-likeness (QED) is 0.311. The van der Waals surface area contributed by atoms with Crippen molar-refractivity contribution >= 4 is 36.2 Å². The van der Waals surface area contributed by atoms with Gasteiger partial charge < -0.3 is 0 Å². The van der Waals surface area contributed by atoms with Crippen LogP contribution in [0, 0.1) is 10.8 Å². The molecule has 5 rings (SSSR count). The van der Waals surface area contributed by atoms with Crippen LogP contribution in [0.1, 0.15) is 41.5 Å². The van der Waals surface area contributed by atoms with Gasteiger partial charge in [-0.3, -0.25) is 0 Å². The average molecular weight is 584 g/mol. The predicted molar refractivity (Wildman–Crippen MR) is 165 cm³/mol. The number of halogens is 2. The van der Waals surface area contributed by atoms with Gasteiger partial charge in [0.25, 0.3) is 0 Å². The molecular formula is C33H40Cl2SiTi. The fraction of sp³-hybridized carbons (Fsp3) is 0.333. The van der Waals surface area contributed by atoms with Crippen LogP contribution >= 0.6 is 24.8 Å². The molecule has 0 nitrogen and oxygen atoms in total. The SMILES string of the molecule is CC1=CC2=C(C=CC=CC2(C)C)[CH]1[Ti]([CH]1C(C)=CC2=C1C=CC=CC2(C)C)=[Si](C)c1ccccc1.Cl.Cl. The third-order valence-electron chi connectivity index (χ3n) is 8.35. The molecule has 194 valence electrons. The van der Waals surface area contributed by atoms with Crippen LogP contribution in [0.2, 0.25) is 15.0 Å². The molecule has 0 saturated carbocycles. The monoisotopic (exact) mass is 582 g/mol. The smallest absolute Gasteiger partial charge is 0.147 e. The Morgan fingerprint density at radius 1 is 0.676 bits per heavy atom. The van der Waals surface area contributed by atoms with Gasteiger partial charge >= 0.3 is 220 Å². The van der Waals surface area contributed by atoms with E-state index in [0.29, 0.717) is 8.45 Å². The summed E-state index contributed by atoms with van der Waals surface area (Å²) in [6.45, 7) is 17.0. The standard InChI is InChI=1S/2C13H15.C7H8Si.2ClH.Ti/c2*1-10-8-11-6-4-5-7-13(2,3)12(11)9-10;1-8-7-5-3-2-4-6-7;;;/h2*4-9H,1-3H3;2-6H,1H3;2*1H;. The van der Waals surface area contributed by atoms with Gasteiger partial charge in [-0.05, 0) is 0 Å². The van der Waals surface area contributed by atoms with Crippen molar-refractivity contribution in [2.45, 2.75) is 56.5 Å². The van der Waals surface area contributed by atoms with Gasteiger partial charge in [0.2, 0.25) is 0 Å². The van der Waals surface area contributed by atoms with E-state index in [9.17, 15) is 0 Å². The first-order valence-electron chi connectivity index (χ1n) is 13.0. The van der Waals surface area contributed by atoms with E-state index < -0.39 is 22.8 Å². The summed E-state index contributed by atoms with van der Waals surface area (Å²) in [4.78, 5) is 0. The molecule has 0 aliphatic heterocycles. The minimum absolute atomic E-state index is 0. The predicted octanol–water partition coefficient (Wildman–Crippen LogP) is 9.37. The summed E-state index contributed by atoms with van der Waals surface area (Å²) in [7, 11) is 0. The maximum atomic E-state index is 2.64. The Morgan fingerprint density at radius 3 is 1.54 bits per heavy atom. The maximum Gasteiger partial charge on any atom is -0.147 e. The number of rotatable bonds is 3. The summed E-state index contributed by atoms with van der Waals surface area (Å²) in [5.74, 6) is 0. The fourth-order valence-electron chi connectivity index (χ4n) is 6.45. The first kappa shape index (κ1) is 30.2. The van der Waals surface area contributed by atoms with Crippen LogP contribution < -0.4 is 5.19 Å². The van der Waals surface area contributed by atoms with E-state index >= 15 is 0 Å². The second-order valence-corrected chi connectivity index (χ2v) is 22.7. The van der Waals surface area contributed by atoms with Crippen molar-refractivity contribution in [1.82, 2.24) is 0 Å². The molecule has 0 aromatic heterocycles. The molecule has 0 fully saturated rings. The van der Waals surface area contributed by atoms with Gasteiger partial charge in [-0.25, -0.2) is 0 Å². The summed E-state index contributed by atoms with van der Waals surface area (Å²) in [5.41, 5.74) is 9.69. The van der Waals surface area contributed by atoms with Gasteiger partial charge in [-0.15, -0.1) is 24.8 Å². The van der Waals surface area contributed by atoms with Crippen LogP contribution in [0.15, 0.2) is 125 Å². The zero-order chi connectivity index (χ0) is 25.0. The molecule has 1 aromatic rings. The zero-order valence-corrected chi connectivity index (χ0v) is 27.3. The third kappa shape index (κ3) is 5.41. The topological polar surface area (TPSA) is 0 Å². The molecule has 37 heavy (non-hydrogen) atoms. The van der Waals surface area contributed by atoms with Gasteiger partial charge in [-0.2, -0.15) is 0 Å². The Hall–Kier alpha value is -1.35. The van der Waals surface area contributed by atoms with Gasteiger partial charge in [0.15, 0.2) is 0 Å². The van der Waals surface area contributed by atoms with Crippen molar-refractivity contribution < 1.29 is 16.6 Å². The number of allylic oxidation sites excluding steroid dienone is 16. The number of hydrogen-bond acceptors (Lipinski definition) is 0. The summed E-state index contributed by atoms with van der Waals surface area (Å²) >= 11 is -1.82. The molecule has 4 heteroatoms. The Labute approximate surface area is 243 Å². The Morgan fingerprint density at radius 2 is 1.11 bits per heavy atom. The maximum absolute atomic E-state index is 2.64. The summed E-state index contributed by atoms with van der Waals surface area (Å²) < 4.78 is 1.21. The van der Waals surface area contributed by atoms with Crippen LogP contribution in [0.5, 0.6) is 0 Å².